The number of anilines is 1. The minimum atomic E-state index is 0.507. The monoisotopic (exact) mass is 305 g/mol. The Bertz CT molecular complexity index is 566. The molecule has 8 heteroatoms. The van der Waals surface area contributed by atoms with E-state index >= 15 is 0 Å². The molecule has 2 aromatic rings. The maximum atomic E-state index is 4.48. The molecule has 1 aliphatic carbocycles. The van der Waals surface area contributed by atoms with Crippen molar-refractivity contribution in [2.24, 2.45) is 5.92 Å². The summed E-state index contributed by atoms with van der Waals surface area (Å²) in [5.74, 6) is 2.97. The van der Waals surface area contributed by atoms with Gasteiger partial charge in [-0.1, -0.05) is 24.6 Å². The number of hydrogen-bond donors (Lipinski definition) is 1. The second kappa shape index (κ2) is 6.84. The third-order valence-corrected chi connectivity index (χ3v) is 4.56. The van der Waals surface area contributed by atoms with Crippen molar-refractivity contribution in [3.8, 4) is 5.95 Å². The lowest BCUT2D eigenvalue weighted by molar-refractivity contribution is 0.622. The molecule has 0 aliphatic heterocycles. The van der Waals surface area contributed by atoms with E-state index in [4.69, 9.17) is 0 Å². The van der Waals surface area contributed by atoms with Gasteiger partial charge in [-0.15, -0.1) is 0 Å². The van der Waals surface area contributed by atoms with E-state index in [1.165, 1.54) is 32.0 Å². The van der Waals surface area contributed by atoms with E-state index in [-0.39, 0.29) is 0 Å². The third-order valence-electron chi connectivity index (χ3n) is 3.48. The van der Waals surface area contributed by atoms with Gasteiger partial charge < -0.3 is 5.32 Å². The van der Waals surface area contributed by atoms with Crippen molar-refractivity contribution in [3.63, 3.8) is 0 Å². The van der Waals surface area contributed by atoms with Crippen molar-refractivity contribution in [2.45, 2.75) is 37.8 Å². The first-order valence-corrected chi connectivity index (χ1v) is 8.31. The second-order valence-electron chi connectivity index (χ2n) is 5.07. The van der Waals surface area contributed by atoms with Crippen LogP contribution < -0.4 is 5.32 Å². The summed E-state index contributed by atoms with van der Waals surface area (Å²) in [6.07, 6.45) is 8.44. The predicted octanol–water partition coefficient (Wildman–Crippen LogP) is 2.17. The molecule has 0 amide bonds. The summed E-state index contributed by atoms with van der Waals surface area (Å²) in [4.78, 5) is 17.2. The maximum Gasteiger partial charge on any atom is 0.257 e. The topological polar surface area (TPSA) is 81.4 Å². The van der Waals surface area contributed by atoms with Gasteiger partial charge in [0.2, 0.25) is 5.95 Å². The van der Waals surface area contributed by atoms with Gasteiger partial charge in [0, 0.05) is 12.3 Å². The number of thioether (sulfide) groups is 1. The fourth-order valence-corrected chi connectivity index (χ4v) is 3.45. The largest absolute Gasteiger partial charge is 0.354 e. The average Bonchev–Trinajstić information content (AvgIpc) is 3.19. The Morgan fingerprint density at radius 2 is 2.14 bits per heavy atom. The number of nitrogens with zero attached hydrogens (tertiary/aromatic N) is 6. The van der Waals surface area contributed by atoms with Gasteiger partial charge in [0.15, 0.2) is 5.16 Å². The van der Waals surface area contributed by atoms with Crippen LogP contribution >= 0.6 is 11.8 Å². The van der Waals surface area contributed by atoms with Gasteiger partial charge in [0.05, 0.1) is 0 Å². The molecular formula is C13H19N7S. The molecule has 1 aliphatic rings. The molecule has 0 radical (unpaired) electrons. The van der Waals surface area contributed by atoms with E-state index in [1.54, 1.807) is 22.8 Å². The van der Waals surface area contributed by atoms with Gasteiger partial charge >= 0.3 is 0 Å². The van der Waals surface area contributed by atoms with Crippen molar-refractivity contribution in [2.75, 3.05) is 17.6 Å². The summed E-state index contributed by atoms with van der Waals surface area (Å²) in [5.41, 5.74) is 0. The Labute approximate surface area is 128 Å². The highest BCUT2D eigenvalue weighted by molar-refractivity contribution is 7.99. The van der Waals surface area contributed by atoms with Crippen LogP contribution in [0.1, 0.15) is 32.6 Å². The summed E-state index contributed by atoms with van der Waals surface area (Å²) < 4.78 is 1.56. The first-order chi connectivity index (χ1) is 10.3. The molecule has 1 saturated carbocycles. The normalized spacial score (nSPS) is 15.5. The number of aromatic nitrogens is 6. The molecule has 3 rings (SSSR count). The summed E-state index contributed by atoms with van der Waals surface area (Å²) in [7, 11) is 0. The van der Waals surface area contributed by atoms with Crippen LogP contribution in [0.2, 0.25) is 0 Å². The zero-order valence-corrected chi connectivity index (χ0v) is 12.9. The van der Waals surface area contributed by atoms with Crippen LogP contribution in [-0.2, 0) is 0 Å². The number of hydrogen-bond acceptors (Lipinski definition) is 7. The Balaban J connectivity index is 1.77. The maximum absolute atomic E-state index is 4.48. The quantitative estimate of drug-likeness (QED) is 0.819. The van der Waals surface area contributed by atoms with Gasteiger partial charge in [0.25, 0.3) is 5.95 Å². The van der Waals surface area contributed by atoms with E-state index in [0.717, 1.165) is 23.4 Å². The molecule has 0 saturated heterocycles. The molecule has 2 aromatic heterocycles. The van der Waals surface area contributed by atoms with Crippen LogP contribution in [0.5, 0.6) is 0 Å². The Morgan fingerprint density at radius 3 is 2.86 bits per heavy atom. The van der Waals surface area contributed by atoms with Gasteiger partial charge in [-0.05, 0) is 25.7 Å². The SMILES string of the molecule is CCNc1nc(SCC2CCCC2)nc(-n2cncn2)n1. The lowest BCUT2D eigenvalue weighted by Gasteiger charge is -2.09. The summed E-state index contributed by atoms with van der Waals surface area (Å²) in [6.45, 7) is 2.79. The first-order valence-electron chi connectivity index (χ1n) is 7.33. The van der Waals surface area contributed by atoms with E-state index in [2.05, 4.69) is 30.4 Å². The van der Waals surface area contributed by atoms with Crippen LogP contribution in [0.3, 0.4) is 0 Å². The van der Waals surface area contributed by atoms with Gasteiger partial charge in [-0.2, -0.15) is 24.7 Å². The third kappa shape index (κ3) is 3.69. The number of nitrogens with one attached hydrogen (secondary N) is 1. The number of rotatable bonds is 6. The molecule has 1 N–H and O–H groups in total. The fraction of sp³-hybridized carbons (Fsp3) is 0.615. The summed E-state index contributed by atoms with van der Waals surface area (Å²) in [5, 5.41) is 7.97. The molecule has 2 heterocycles. The lowest BCUT2D eigenvalue weighted by Crippen LogP contribution is -2.10. The molecule has 0 bridgehead atoms. The van der Waals surface area contributed by atoms with Crippen molar-refractivity contribution in [1.82, 2.24) is 29.7 Å². The lowest BCUT2D eigenvalue weighted by atomic mass is 10.1. The minimum absolute atomic E-state index is 0.507. The average molecular weight is 305 g/mol. The van der Waals surface area contributed by atoms with Crippen LogP contribution in [0, 0.1) is 5.92 Å². The second-order valence-corrected chi connectivity index (χ2v) is 6.06. The van der Waals surface area contributed by atoms with Crippen molar-refractivity contribution in [1.29, 1.82) is 0 Å². The standard InChI is InChI=1S/C13H19N7S/c1-2-15-11-17-12(20-9-14-8-16-20)19-13(18-11)21-7-10-5-3-4-6-10/h8-10H,2-7H2,1H3,(H,15,17,18,19). The molecule has 7 nitrogen and oxygen atoms in total. The Kier molecular flexibility index (Phi) is 4.64. The molecular weight excluding hydrogens is 286 g/mol. The molecule has 0 aromatic carbocycles. The molecule has 21 heavy (non-hydrogen) atoms. The Morgan fingerprint density at radius 1 is 1.29 bits per heavy atom. The van der Waals surface area contributed by atoms with Gasteiger partial charge in [-0.3, -0.25) is 0 Å². The molecule has 1 fully saturated rings. The van der Waals surface area contributed by atoms with Crippen LogP contribution in [-0.4, -0.2) is 42.0 Å². The zero-order chi connectivity index (χ0) is 14.5. The molecule has 0 spiro atoms. The van der Waals surface area contributed by atoms with Crippen LogP contribution in [0.15, 0.2) is 17.8 Å². The predicted molar refractivity (Wildman–Crippen MR) is 81.6 cm³/mol. The minimum Gasteiger partial charge on any atom is -0.354 e. The smallest absolute Gasteiger partial charge is 0.257 e. The van der Waals surface area contributed by atoms with E-state index in [0.29, 0.717) is 11.9 Å². The van der Waals surface area contributed by atoms with Crippen molar-refractivity contribution >= 4 is 17.7 Å². The van der Waals surface area contributed by atoms with Gasteiger partial charge in [0.1, 0.15) is 12.7 Å². The summed E-state index contributed by atoms with van der Waals surface area (Å²) in [6, 6.07) is 0. The van der Waals surface area contributed by atoms with Crippen LogP contribution in [0.25, 0.3) is 5.95 Å². The zero-order valence-electron chi connectivity index (χ0n) is 12.1. The first kappa shape index (κ1) is 14.2. The van der Waals surface area contributed by atoms with E-state index < -0.39 is 0 Å². The highest BCUT2D eigenvalue weighted by Gasteiger charge is 2.17. The molecule has 112 valence electrons. The van der Waals surface area contributed by atoms with Crippen molar-refractivity contribution in [3.05, 3.63) is 12.7 Å². The Hall–Kier alpha value is -1.70. The van der Waals surface area contributed by atoms with Gasteiger partial charge in [-0.25, -0.2) is 4.98 Å². The highest BCUT2D eigenvalue weighted by Crippen LogP contribution is 2.30. The van der Waals surface area contributed by atoms with E-state index in [1.807, 2.05) is 6.92 Å². The van der Waals surface area contributed by atoms with Crippen LogP contribution in [0.4, 0.5) is 5.95 Å². The highest BCUT2D eigenvalue weighted by atomic mass is 32.2. The molecule has 0 unspecified atom stereocenters. The molecule has 0 atom stereocenters. The van der Waals surface area contributed by atoms with Crippen molar-refractivity contribution < 1.29 is 0 Å². The van der Waals surface area contributed by atoms with E-state index in [9.17, 15) is 0 Å². The fourth-order valence-electron chi connectivity index (χ4n) is 2.43. The summed E-state index contributed by atoms with van der Waals surface area (Å²) >= 11 is 1.71.